The number of rotatable bonds is 6. The predicted octanol–water partition coefficient (Wildman–Crippen LogP) is 3.57. The lowest BCUT2D eigenvalue weighted by molar-refractivity contribution is -0.120. The number of nitrogens with zero attached hydrogens (tertiary/aromatic N) is 1. The van der Waals surface area contributed by atoms with Gasteiger partial charge in [-0.15, -0.1) is 11.8 Å². The summed E-state index contributed by atoms with van der Waals surface area (Å²) in [6.07, 6.45) is 2.50. The number of halogens is 1. The van der Waals surface area contributed by atoms with Crippen LogP contribution in [0.25, 0.3) is 0 Å². The van der Waals surface area contributed by atoms with E-state index < -0.39 is 0 Å². The number of pyridine rings is 1. The highest BCUT2D eigenvalue weighted by atomic mass is 35.5. The second-order valence-corrected chi connectivity index (χ2v) is 6.43. The topological polar surface area (TPSA) is 42.0 Å². The van der Waals surface area contributed by atoms with Crippen molar-refractivity contribution in [1.29, 1.82) is 0 Å². The van der Waals surface area contributed by atoms with Crippen LogP contribution < -0.4 is 5.32 Å². The number of benzene rings is 1. The summed E-state index contributed by atoms with van der Waals surface area (Å²) in [5, 5.41) is 3.49. The Labute approximate surface area is 134 Å². The predicted molar refractivity (Wildman–Crippen MR) is 87.7 cm³/mol. The molecule has 1 N–H and O–H groups in total. The summed E-state index contributed by atoms with van der Waals surface area (Å²) in [7, 11) is 0. The van der Waals surface area contributed by atoms with Crippen LogP contribution in [0, 0.1) is 0 Å². The molecular weight excluding hydrogens is 304 g/mol. The highest BCUT2D eigenvalue weighted by Crippen LogP contribution is 2.24. The molecule has 0 aliphatic rings. The number of nitrogens with one attached hydrogen (secondary N) is 1. The summed E-state index contributed by atoms with van der Waals surface area (Å²) in [5.41, 5.74) is 0.982. The molecule has 1 amide bonds. The third-order valence-corrected chi connectivity index (χ3v) is 4.27. The summed E-state index contributed by atoms with van der Waals surface area (Å²) < 4.78 is 0. The van der Waals surface area contributed by atoms with Gasteiger partial charge in [-0.1, -0.05) is 17.7 Å². The van der Waals surface area contributed by atoms with Gasteiger partial charge in [0.05, 0.1) is 5.25 Å². The largest absolute Gasteiger partial charge is 0.355 e. The molecule has 0 radical (unpaired) electrons. The maximum absolute atomic E-state index is 12.0. The molecule has 0 saturated heterocycles. The first kappa shape index (κ1) is 15.9. The Kier molecular flexibility index (Phi) is 6.08. The summed E-state index contributed by atoms with van der Waals surface area (Å²) in [6.45, 7) is 2.50. The second-order valence-electron chi connectivity index (χ2n) is 4.58. The van der Waals surface area contributed by atoms with Gasteiger partial charge in [-0.05, 0) is 43.3 Å². The fourth-order valence-corrected chi connectivity index (χ4v) is 2.79. The molecule has 2 rings (SSSR count). The van der Waals surface area contributed by atoms with Crippen molar-refractivity contribution in [3.8, 4) is 0 Å². The lowest BCUT2D eigenvalue weighted by Gasteiger charge is -2.12. The lowest BCUT2D eigenvalue weighted by atomic mass is 10.2. The fraction of sp³-hybridized carbons (Fsp3) is 0.250. The Balaban J connectivity index is 1.76. The minimum Gasteiger partial charge on any atom is -0.355 e. The van der Waals surface area contributed by atoms with Crippen LogP contribution in [0.1, 0.15) is 12.6 Å². The number of thioether (sulfide) groups is 1. The normalized spacial score (nSPS) is 11.9. The second kappa shape index (κ2) is 8.05. The molecular formula is C16H17ClN2OS. The molecule has 110 valence electrons. The van der Waals surface area contributed by atoms with E-state index in [1.807, 2.05) is 49.4 Å². The zero-order chi connectivity index (χ0) is 15.1. The number of hydrogen-bond acceptors (Lipinski definition) is 3. The highest BCUT2D eigenvalue weighted by Gasteiger charge is 2.13. The van der Waals surface area contributed by atoms with Crippen molar-refractivity contribution >= 4 is 29.3 Å². The van der Waals surface area contributed by atoms with Crippen LogP contribution in [-0.2, 0) is 11.2 Å². The van der Waals surface area contributed by atoms with Crippen LogP contribution in [-0.4, -0.2) is 22.7 Å². The number of amides is 1. The van der Waals surface area contributed by atoms with Gasteiger partial charge in [0.15, 0.2) is 0 Å². The van der Waals surface area contributed by atoms with Crippen molar-refractivity contribution in [2.24, 2.45) is 0 Å². The van der Waals surface area contributed by atoms with Crippen LogP contribution in [0.15, 0.2) is 53.6 Å². The van der Waals surface area contributed by atoms with E-state index in [4.69, 9.17) is 11.6 Å². The van der Waals surface area contributed by atoms with Gasteiger partial charge in [-0.2, -0.15) is 0 Å². The molecule has 1 heterocycles. The Bertz CT molecular complexity index is 575. The van der Waals surface area contributed by atoms with Crippen LogP contribution in [0.5, 0.6) is 0 Å². The van der Waals surface area contributed by atoms with Crippen molar-refractivity contribution in [3.05, 3.63) is 59.4 Å². The molecule has 0 aliphatic carbocycles. The molecule has 0 fully saturated rings. The average molecular weight is 321 g/mol. The van der Waals surface area contributed by atoms with Crippen LogP contribution in [0.2, 0.25) is 5.02 Å². The average Bonchev–Trinajstić information content (AvgIpc) is 2.50. The summed E-state index contributed by atoms with van der Waals surface area (Å²) in [6, 6.07) is 13.3. The van der Waals surface area contributed by atoms with Crippen molar-refractivity contribution in [2.75, 3.05) is 6.54 Å². The third-order valence-electron chi connectivity index (χ3n) is 2.90. The number of hydrogen-bond donors (Lipinski definition) is 1. The van der Waals surface area contributed by atoms with Gasteiger partial charge in [0, 0.05) is 34.8 Å². The fourth-order valence-electron chi connectivity index (χ4n) is 1.77. The SMILES string of the molecule is CC(Sc1ccc(Cl)cc1)C(=O)NCCc1ccccn1. The van der Waals surface area contributed by atoms with Crippen LogP contribution in [0.3, 0.4) is 0 Å². The van der Waals surface area contributed by atoms with Gasteiger partial charge < -0.3 is 5.32 Å². The van der Waals surface area contributed by atoms with Gasteiger partial charge in [-0.3, -0.25) is 9.78 Å². The summed E-state index contributed by atoms with van der Waals surface area (Å²) >= 11 is 7.36. The maximum atomic E-state index is 12.0. The van der Waals surface area contributed by atoms with Crippen LogP contribution in [0.4, 0.5) is 0 Å². The zero-order valence-corrected chi connectivity index (χ0v) is 13.3. The molecule has 0 spiro atoms. The molecule has 5 heteroatoms. The molecule has 2 aromatic rings. The van der Waals surface area contributed by atoms with Gasteiger partial charge >= 0.3 is 0 Å². The minimum atomic E-state index is -0.144. The quantitative estimate of drug-likeness (QED) is 0.827. The molecule has 0 saturated carbocycles. The van der Waals surface area contributed by atoms with E-state index in [2.05, 4.69) is 10.3 Å². The van der Waals surface area contributed by atoms with Gasteiger partial charge in [-0.25, -0.2) is 0 Å². The Morgan fingerprint density at radius 1 is 1.29 bits per heavy atom. The molecule has 3 nitrogen and oxygen atoms in total. The van der Waals surface area contributed by atoms with E-state index in [0.717, 1.165) is 17.0 Å². The van der Waals surface area contributed by atoms with E-state index in [9.17, 15) is 4.79 Å². The van der Waals surface area contributed by atoms with Gasteiger partial charge in [0.25, 0.3) is 0 Å². The molecule has 1 atom stereocenters. The van der Waals surface area contributed by atoms with Crippen molar-refractivity contribution in [2.45, 2.75) is 23.5 Å². The van der Waals surface area contributed by atoms with E-state index >= 15 is 0 Å². The maximum Gasteiger partial charge on any atom is 0.233 e. The number of aromatic nitrogens is 1. The smallest absolute Gasteiger partial charge is 0.233 e. The van der Waals surface area contributed by atoms with Crippen molar-refractivity contribution < 1.29 is 4.79 Å². The molecule has 1 aromatic carbocycles. The van der Waals surface area contributed by atoms with Crippen molar-refractivity contribution in [3.63, 3.8) is 0 Å². The Morgan fingerprint density at radius 2 is 2.05 bits per heavy atom. The molecule has 1 aromatic heterocycles. The van der Waals surface area contributed by atoms with Gasteiger partial charge in [0.2, 0.25) is 5.91 Å². The van der Waals surface area contributed by atoms with E-state index in [1.165, 1.54) is 11.8 Å². The number of carbonyl (C=O) groups is 1. The van der Waals surface area contributed by atoms with E-state index in [1.54, 1.807) is 6.20 Å². The zero-order valence-electron chi connectivity index (χ0n) is 11.8. The monoisotopic (exact) mass is 320 g/mol. The first-order valence-corrected chi connectivity index (χ1v) is 8.01. The summed E-state index contributed by atoms with van der Waals surface area (Å²) in [4.78, 5) is 17.3. The van der Waals surface area contributed by atoms with E-state index in [-0.39, 0.29) is 11.2 Å². The lowest BCUT2D eigenvalue weighted by Crippen LogP contribution is -2.32. The van der Waals surface area contributed by atoms with Crippen LogP contribution >= 0.6 is 23.4 Å². The Morgan fingerprint density at radius 3 is 2.71 bits per heavy atom. The first-order valence-electron chi connectivity index (χ1n) is 6.75. The minimum absolute atomic E-state index is 0.0332. The molecule has 0 bridgehead atoms. The van der Waals surface area contributed by atoms with Gasteiger partial charge in [0.1, 0.15) is 0 Å². The standard InChI is InChI=1S/C16H17ClN2OS/c1-12(21-15-7-5-13(17)6-8-15)16(20)19-11-9-14-4-2-3-10-18-14/h2-8,10,12H,9,11H2,1H3,(H,19,20). The molecule has 0 aliphatic heterocycles. The molecule has 1 unspecified atom stereocenters. The Hall–Kier alpha value is -1.52. The third kappa shape index (κ3) is 5.40. The molecule has 21 heavy (non-hydrogen) atoms. The first-order chi connectivity index (χ1) is 10.1. The highest BCUT2D eigenvalue weighted by molar-refractivity contribution is 8.00. The van der Waals surface area contributed by atoms with E-state index in [0.29, 0.717) is 11.6 Å². The summed E-state index contributed by atoms with van der Waals surface area (Å²) in [5.74, 6) is 0.0332. The van der Waals surface area contributed by atoms with Crippen molar-refractivity contribution in [1.82, 2.24) is 10.3 Å². The number of carbonyl (C=O) groups excluding carboxylic acids is 1.